The van der Waals surface area contributed by atoms with Crippen LogP contribution < -0.4 is 0 Å². The molecule has 1 aromatic heterocycles. The zero-order chi connectivity index (χ0) is 13.3. The summed E-state index contributed by atoms with van der Waals surface area (Å²) in [7, 11) is 0. The smallest absolute Gasteiger partial charge is 0.113 e. The molecule has 1 unspecified atom stereocenters. The molecule has 2 rings (SSSR count). The lowest BCUT2D eigenvalue weighted by atomic mass is 9.95. The summed E-state index contributed by atoms with van der Waals surface area (Å²) in [6.07, 6.45) is -0.511. The van der Waals surface area contributed by atoms with E-state index in [1.54, 1.807) is 11.3 Å². The topological polar surface area (TPSA) is 20.2 Å². The van der Waals surface area contributed by atoms with E-state index in [4.69, 9.17) is 0 Å². The van der Waals surface area contributed by atoms with Crippen LogP contribution >= 0.6 is 33.9 Å². The van der Waals surface area contributed by atoms with Gasteiger partial charge >= 0.3 is 0 Å². The van der Waals surface area contributed by atoms with Gasteiger partial charge in [-0.2, -0.15) is 0 Å². The monoisotopic (exact) mass is 372 g/mol. The van der Waals surface area contributed by atoms with Crippen molar-refractivity contribution < 1.29 is 5.11 Å². The Morgan fingerprint density at radius 1 is 1.06 bits per heavy atom. The molecule has 0 aliphatic heterocycles. The summed E-state index contributed by atoms with van der Waals surface area (Å²) in [4.78, 5) is 2.32. The number of hydrogen-bond donors (Lipinski definition) is 1. The van der Waals surface area contributed by atoms with Crippen LogP contribution in [0.4, 0.5) is 0 Å². The number of thiophene rings is 1. The fourth-order valence-electron chi connectivity index (χ4n) is 1.71. The van der Waals surface area contributed by atoms with E-state index < -0.39 is 6.10 Å². The van der Waals surface area contributed by atoms with Crippen molar-refractivity contribution >= 4 is 33.9 Å². The van der Waals surface area contributed by atoms with Crippen LogP contribution in [0.2, 0.25) is 0 Å². The minimum Gasteiger partial charge on any atom is -0.383 e. The summed E-state index contributed by atoms with van der Waals surface area (Å²) in [6.45, 7) is 6.58. The number of aliphatic hydroxyl groups excluding tert-OH is 1. The van der Waals surface area contributed by atoms with E-state index in [1.165, 1.54) is 8.45 Å². The fourth-order valence-corrected chi connectivity index (χ4v) is 3.15. The summed E-state index contributed by atoms with van der Waals surface area (Å²) in [5.41, 5.74) is 1.10. The van der Waals surface area contributed by atoms with Gasteiger partial charge in [-0.1, -0.05) is 32.9 Å². The van der Waals surface area contributed by atoms with E-state index in [9.17, 15) is 5.11 Å². The Hall–Kier alpha value is -0.390. The van der Waals surface area contributed by atoms with Crippen molar-refractivity contribution in [3.05, 3.63) is 55.3 Å². The molecule has 0 amide bonds. The molecule has 0 radical (unpaired) electrons. The Morgan fingerprint density at radius 2 is 1.67 bits per heavy atom. The van der Waals surface area contributed by atoms with Gasteiger partial charge in [0.25, 0.3) is 0 Å². The molecule has 1 atom stereocenters. The minimum atomic E-state index is -0.511. The normalized spacial score (nSPS) is 13.6. The van der Waals surface area contributed by atoms with Crippen molar-refractivity contribution in [3.8, 4) is 0 Å². The quantitative estimate of drug-likeness (QED) is 0.756. The highest BCUT2D eigenvalue weighted by molar-refractivity contribution is 14.1. The average molecular weight is 372 g/mol. The third-order valence-corrected chi connectivity index (χ3v) is 5.10. The molecule has 18 heavy (non-hydrogen) atoms. The van der Waals surface area contributed by atoms with Gasteiger partial charge in [-0.15, -0.1) is 11.3 Å². The molecule has 0 spiro atoms. The first-order valence-corrected chi connectivity index (χ1v) is 7.81. The van der Waals surface area contributed by atoms with Crippen LogP contribution in [0.3, 0.4) is 0 Å². The molecule has 0 aliphatic rings. The van der Waals surface area contributed by atoms with E-state index in [1.807, 2.05) is 30.3 Å². The molecule has 3 heteroatoms. The van der Waals surface area contributed by atoms with Crippen molar-refractivity contribution in [3.63, 3.8) is 0 Å². The third kappa shape index (κ3) is 3.13. The predicted molar refractivity (Wildman–Crippen MR) is 86.2 cm³/mol. The van der Waals surface area contributed by atoms with E-state index in [-0.39, 0.29) is 5.41 Å². The molecule has 0 bridgehead atoms. The molecular formula is C15H17IOS. The van der Waals surface area contributed by atoms with Crippen LogP contribution in [0.5, 0.6) is 0 Å². The van der Waals surface area contributed by atoms with Crippen molar-refractivity contribution in [2.45, 2.75) is 32.3 Å². The highest BCUT2D eigenvalue weighted by Gasteiger charge is 2.19. The van der Waals surface area contributed by atoms with Gasteiger partial charge in [0.1, 0.15) is 6.10 Å². The summed E-state index contributed by atoms with van der Waals surface area (Å²) >= 11 is 3.97. The number of hydrogen-bond acceptors (Lipinski definition) is 2. The van der Waals surface area contributed by atoms with Gasteiger partial charge in [0, 0.05) is 13.3 Å². The van der Waals surface area contributed by atoms with Crippen molar-refractivity contribution in [2.75, 3.05) is 0 Å². The average Bonchev–Trinajstić information content (AvgIpc) is 2.78. The first kappa shape index (κ1) is 14.0. The number of benzene rings is 1. The molecule has 0 fully saturated rings. The SMILES string of the molecule is CC(C)(C)c1ccc(C(O)c2ccc(I)cc2)s1. The van der Waals surface area contributed by atoms with Crippen molar-refractivity contribution in [1.82, 2.24) is 0 Å². The highest BCUT2D eigenvalue weighted by atomic mass is 127. The van der Waals surface area contributed by atoms with Gasteiger partial charge in [0.15, 0.2) is 0 Å². The molecule has 2 aromatic rings. The molecule has 1 aromatic carbocycles. The Kier molecular flexibility index (Phi) is 4.14. The number of rotatable bonds is 2. The Bertz CT molecular complexity index is 522. The third-order valence-electron chi connectivity index (χ3n) is 2.82. The lowest BCUT2D eigenvalue weighted by Crippen LogP contribution is -2.07. The second-order valence-corrected chi connectivity index (χ2v) is 7.77. The first-order valence-electron chi connectivity index (χ1n) is 5.91. The maximum Gasteiger partial charge on any atom is 0.113 e. The van der Waals surface area contributed by atoms with Crippen molar-refractivity contribution in [2.24, 2.45) is 0 Å². The van der Waals surface area contributed by atoms with E-state index in [2.05, 4.69) is 49.4 Å². The second-order valence-electron chi connectivity index (χ2n) is 5.41. The fraction of sp³-hybridized carbons (Fsp3) is 0.333. The number of halogens is 1. The lowest BCUT2D eigenvalue weighted by molar-refractivity contribution is 0.224. The maximum atomic E-state index is 10.4. The van der Waals surface area contributed by atoms with Crippen LogP contribution in [0.1, 0.15) is 42.2 Å². The Balaban J connectivity index is 2.26. The Labute approximate surface area is 126 Å². The maximum absolute atomic E-state index is 10.4. The minimum absolute atomic E-state index is 0.148. The number of aliphatic hydroxyl groups is 1. The van der Waals surface area contributed by atoms with Gasteiger partial charge in [0.05, 0.1) is 0 Å². The predicted octanol–water partition coefficient (Wildman–Crippen LogP) is 4.73. The Morgan fingerprint density at radius 3 is 2.17 bits per heavy atom. The van der Waals surface area contributed by atoms with Crippen LogP contribution in [0, 0.1) is 3.57 Å². The summed E-state index contributed by atoms with van der Waals surface area (Å²) in [5, 5.41) is 10.4. The first-order chi connectivity index (χ1) is 8.38. The molecule has 0 saturated carbocycles. The molecular weight excluding hydrogens is 355 g/mol. The van der Waals surface area contributed by atoms with Crippen LogP contribution in [0.25, 0.3) is 0 Å². The molecule has 0 aliphatic carbocycles. The van der Waals surface area contributed by atoms with Gasteiger partial charge in [-0.05, 0) is 57.8 Å². The van der Waals surface area contributed by atoms with Crippen LogP contribution in [0.15, 0.2) is 36.4 Å². The lowest BCUT2D eigenvalue weighted by Gasteiger charge is -2.15. The van der Waals surface area contributed by atoms with E-state index in [0.717, 1.165) is 10.4 Å². The van der Waals surface area contributed by atoms with Gasteiger partial charge in [0.2, 0.25) is 0 Å². The zero-order valence-corrected chi connectivity index (χ0v) is 13.7. The van der Waals surface area contributed by atoms with Gasteiger partial charge in [-0.3, -0.25) is 0 Å². The van der Waals surface area contributed by atoms with Crippen molar-refractivity contribution in [1.29, 1.82) is 0 Å². The molecule has 1 N–H and O–H groups in total. The molecule has 1 nitrogen and oxygen atoms in total. The second kappa shape index (κ2) is 5.31. The van der Waals surface area contributed by atoms with Crippen LogP contribution in [-0.2, 0) is 5.41 Å². The van der Waals surface area contributed by atoms with Crippen LogP contribution in [-0.4, -0.2) is 5.11 Å². The molecule has 1 heterocycles. The van der Waals surface area contributed by atoms with E-state index >= 15 is 0 Å². The molecule has 0 saturated heterocycles. The summed E-state index contributed by atoms with van der Waals surface area (Å²) < 4.78 is 1.19. The standard InChI is InChI=1S/C15H17IOS/c1-15(2,3)13-9-8-12(18-13)14(17)10-4-6-11(16)7-5-10/h4-9,14,17H,1-3H3. The van der Waals surface area contributed by atoms with E-state index in [0.29, 0.717) is 0 Å². The summed E-state index contributed by atoms with van der Waals surface area (Å²) in [6, 6.07) is 12.2. The highest BCUT2D eigenvalue weighted by Crippen LogP contribution is 2.34. The molecule has 96 valence electrons. The zero-order valence-electron chi connectivity index (χ0n) is 10.8. The van der Waals surface area contributed by atoms with Gasteiger partial charge in [-0.25, -0.2) is 0 Å². The largest absolute Gasteiger partial charge is 0.383 e. The van der Waals surface area contributed by atoms with Gasteiger partial charge < -0.3 is 5.11 Å². The summed E-state index contributed by atoms with van der Waals surface area (Å²) in [5.74, 6) is 0.